The van der Waals surface area contributed by atoms with Crippen LogP contribution >= 0.6 is 0 Å². The fraction of sp³-hybridized carbons (Fsp3) is 0.458. The molecule has 1 aromatic carbocycles. The molecule has 0 spiro atoms. The molecule has 3 aromatic rings. The molecule has 1 fully saturated rings. The van der Waals surface area contributed by atoms with E-state index in [0.717, 1.165) is 37.7 Å². The summed E-state index contributed by atoms with van der Waals surface area (Å²) in [5, 5.41) is 1.41. The van der Waals surface area contributed by atoms with Crippen molar-refractivity contribution in [2.24, 2.45) is 5.92 Å². The van der Waals surface area contributed by atoms with Crippen molar-refractivity contribution in [2.45, 2.75) is 52.9 Å². The highest BCUT2D eigenvalue weighted by molar-refractivity contribution is 5.95. The number of pyridine rings is 1. The van der Waals surface area contributed by atoms with Crippen LogP contribution in [-0.4, -0.2) is 23.1 Å². The Hall–Kier alpha value is -2.29. The standard InChI is InChI=1S/C24H31N3/c1-4-8-21-16-25-24(23-22(21)17(2)18(3)26-23)27-13-11-20(12-14-27)15-19-9-6-5-7-10-19/h5-7,9-10,16,20,26H,4,8,11-15H2,1-3H3. The van der Waals surface area contributed by atoms with Crippen molar-refractivity contribution in [1.29, 1.82) is 0 Å². The molecule has 1 aliphatic rings. The molecule has 0 aliphatic carbocycles. The molecule has 27 heavy (non-hydrogen) atoms. The van der Waals surface area contributed by atoms with E-state index in [1.54, 1.807) is 0 Å². The molecule has 0 saturated carbocycles. The average molecular weight is 362 g/mol. The van der Waals surface area contributed by atoms with Crippen LogP contribution in [0.25, 0.3) is 10.9 Å². The number of nitrogens with one attached hydrogen (secondary N) is 1. The normalized spacial score (nSPS) is 15.6. The number of nitrogens with zero attached hydrogens (tertiary/aromatic N) is 2. The Kier molecular flexibility index (Phi) is 5.20. The molecular formula is C24H31N3. The van der Waals surface area contributed by atoms with Crippen LogP contribution in [0.3, 0.4) is 0 Å². The van der Waals surface area contributed by atoms with Gasteiger partial charge in [0, 0.05) is 30.4 Å². The van der Waals surface area contributed by atoms with Crippen molar-refractivity contribution in [3.05, 3.63) is 58.9 Å². The molecule has 0 radical (unpaired) electrons. The number of aromatic nitrogens is 2. The maximum atomic E-state index is 4.91. The first kappa shape index (κ1) is 18.1. The Morgan fingerprint density at radius 3 is 2.56 bits per heavy atom. The topological polar surface area (TPSA) is 31.9 Å². The molecule has 3 nitrogen and oxygen atoms in total. The second kappa shape index (κ2) is 7.75. The third kappa shape index (κ3) is 3.60. The van der Waals surface area contributed by atoms with Gasteiger partial charge in [0.2, 0.25) is 0 Å². The quantitative estimate of drug-likeness (QED) is 0.642. The molecule has 0 bridgehead atoms. The molecule has 1 aliphatic heterocycles. The summed E-state index contributed by atoms with van der Waals surface area (Å²) in [5.74, 6) is 1.94. The van der Waals surface area contributed by atoms with Crippen LogP contribution in [0.2, 0.25) is 0 Å². The van der Waals surface area contributed by atoms with E-state index in [2.05, 4.69) is 67.2 Å². The Morgan fingerprint density at radius 1 is 1.11 bits per heavy atom. The molecular weight excluding hydrogens is 330 g/mol. The third-order valence-electron chi connectivity index (χ3n) is 6.19. The Balaban J connectivity index is 1.54. The fourth-order valence-electron chi connectivity index (χ4n) is 4.55. The number of aryl methyl sites for hydroxylation is 3. The van der Waals surface area contributed by atoms with Crippen LogP contribution < -0.4 is 4.90 Å². The van der Waals surface area contributed by atoms with Gasteiger partial charge in [0.05, 0.1) is 5.52 Å². The number of hydrogen-bond acceptors (Lipinski definition) is 2. The van der Waals surface area contributed by atoms with Crippen molar-refractivity contribution in [3.63, 3.8) is 0 Å². The predicted molar refractivity (Wildman–Crippen MR) is 115 cm³/mol. The lowest BCUT2D eigenvalue weighted by Crippen LogP contribution is -2.35. The van der Waals surface area contributed by atoms with Gasteiger partial charge in [-0.1, -0.05) is 43.7 Å². The largest absolute Gasteiger partial charge is 0.355 e. The van der Waals surface area contributed by atoms with Gasteiger partial charge < -0.3 is 9.88 Å². The Bertz CT molecular complexity index is 902. The molecule has 0 atom stereocenters. The Labute approximate surface area is 162 Å². The number of H-pyrrole nitrogens is 1. The second-order valence-corrected chi connectivity index (χ2v) is 8.10. The first-order valence-corrected chi connectivity index (χ1v) is 10.4. The van der Waals surface area contributed by atoms with Crippen LogP contribution in [0, 0.1) is 19.8 Å². The number of aromatic amines is 1. The van der Waals surface area contributed by atoms with Gasteiger partial charge in [-0.25, -0.2) is 4.98 Å². The summed E-state index contributed by atoms with van der Waals surface area (Å²) in [6.45, 7) is 8.86. The highest BCUT2D eigenvalue weighted by Crippen LogP contribution is 2.34. The van der Waals surface area contributed by atoms with Crippen LogP contribution in [0.1, 0.15) is 48.6 Å². The van der Waals surface area contributed by atoms with Gasteiger partial charge in [-0.3, -0.25) is 0 Å². The van der Waals surface area contributed by atoms with Gasteiger partial charge >= 0.3 is 0 Å². The summed E-state index contributed by atoms with van der Waals surface area (Å²) in [5.41, 5.74) is 6.76. The Morgan fingerprint density at radius 2 is 1.85 bits per heavy atom. The number of anilines is 1. The number of fused-ring (bicyclic) bond motifs is 1. The van der Waals surface area contributed by atoms with E-state index in [1.165, 1.54) is 52.5 Å². The van der Waals surface area contributed by atoms with E-state index in [-0.39, 0.29) is 0 Å². The highest BCUT2D eigenvalue weighted by Gasteiger charge is 2.23. The van der Waals surface area contributed by atoms with Crippen LogP contribution in [0.4, 0.5) is 5.82 Å². The van der Waals surface area contributed by atoms with Gasteiger partial charge in [0.1, 0.15) is 0 Å². The number of piperidine rings is 1. The third-order valence-corrected chi connectivity index (χ3v) is 6.19. The summed E-state index contributed by atoms with van der Waals surface area (Å²) < 4.78 is 0. The number of rotatable bonds is 5. The minimum Gasteiger partial charge on any atom is -0.355 e. The van der Waals surface area contributed by atoms with Gasteiger partial charge in [0.15, 0.2) is 5.82 Å². The van der Waals surface area contributed by atoms with E-state index in [4.69, 9.17) is 4.98 Å². The van der Waals surface area contributed by atoms with Crippen molar-refractivity contribution < 1.29 is 0 Å². The summed E-state index contributed by atoms with van der Waals surface area (Å²) in [6, 6.07) is 10.9. The zero-order valence-corrected chi connectivity index (χ0v) is 16.9. The minimum atomic E-state index is 0.783. The maximum absolute atomic E-state index is 4.91. The summed E-state index contributed by atoms with van der Waals surface area (Å²) in [7, 11) is 0. The number of benzene rings is 1. The maximum Gasteiger partial charge on any atom is 0.152 e. The van der Waals surface area contributed by atoms with E-state index < -0.39 is 0 Å². The SMILES string of the molecule is CCCc1cnc(N2CCC(Cc3ccccc3)CC2)c2[nH]c(C)c(C)c12. The van der Waals surface area contributed by atoms with Crippen LogP contribution in [0.5, 0.6) is 0 Å². The first-order valence-electron chi connectivity index (χ1n) is 10.4. The van der Waals surface area contributed by atoms with E-state index in [9.17, 15) is 0 Å². The zero-order valence-electron chi connectivity index (χ0n) is 16.9. The number of hydrogen-bond donors (Lipinski definition) is 1. The molecule has 0 unspecified atom stereocenters. The molecule has 4 rings (SSSR count). The van der Waals surface area contributed by atoms with Gasteiger partial charge in [-0.05, 0) is 62.1 Å². The highest BCUT2D eigenvalue weighted by atomic mass is 15.2. The lowest BCUT2D eigenvalue weighted by Gasteiger charge is -2.33. The average Bonchev–Trinajstić information content (AvgIpc) is 2.99. The van der Waals surface area contributed by atoms with Crippen LogP contribution in [-0.2, 0) is 12.8 Å². The molecule has 1 saturated heterocycles. The molecule has 3 heteroatoms. The molecule has 2 aromatic heterocycles. The monoisotopic (exact) mass is 361 g/mol. The van der Waals surface area contributed by atoms with Gasteiger partial charge in [-0.15, -0.1) is 0 Å². The zero-order chi connectivity index (χ0) is 18.8. The van der Waals surface area contributed by atoms with E-state index in [1.807, 2.05) is 0 Å². The van der Waals surface area contributed by atoms with Crippen LogP contribution in [0.15, 0.2) is 36.5 Å². The lowest BCUT2D eigenvalue weighted by molar-refractivity contribution is 0.402. The summed E-state index contributed by atoms with van der Waals surface area (Å²) in [4.78, 5) is 11.0. The summed E-state index contributed by atoms with van der Waals surface area (Å²) in [6.07, 6.45) is 8.07. The molecule has 0 amide bonds. The second-order valence-electron chi connectivity index (χ2n) is 8.10. The van der Waals surface area contributed by atoms with Crippen molar-refractivity contribution in [2.75, 3.05) is 18.0 Å². The first-order chi connectivity index (χ1) is 13.2. The lowest BCUT2D eigenvalue weighted by atomic mass is 9.90. The minimum absolute atomic E-state index is 0.783. The van der Waals surface area contributed by atoms with Crippen molar-refractivity contribution in [1.82, 2.24) is 9.97 Å². The van der Waals surface area contributed by atoms with Gasteiger partial charge in [-0.2, -0.15) is 0 Å². The molecule has 3 heterocycles. The van der Waals surface area contributed by atoms with E-state index >= 15 is 0 Å². The van der Waals surface area contributed by atoms with E-state index in [0.29, 0.717) is 0 Å². The van der Waals surface area contributed by atoms with Gasteiger partial charge in [0.25, 0.3) is 0 Å². The fourth-order valence-corrected chi connectivity index (χ4v) is 4.55. The molecule has 1 N–H and O–H groups in total. The molecule has 142 valence electrons. The van der Waals surface area contributed by atoms with Crippen molar-refractivity contribution >= 4 is 16.7 Å². The van der Waals surface area contributed by atoms with Crippen molar-refractivity contribution in [3.8, 4) is 0 Å². The predicted octanol–water partition coefficient (Wildman–Crippen LogP) is 5.59. The summed E-state index contributed by atoms with van der Waals surface area (Å²) >= 11 is 0. The smallest absolute Gasteiger partial charge is 0.152 e.